The number of nitrogen functional groups attached to an aromatic ring is 1. The molecule has 0 aliphatic carbocycles. The SMILES string of the molecule is Nc1nc2c(c(=O)[nH]1)NCN2COCOCP(=O)(O)O. The highest BCUT2D eigenvalue weighted by molar-refractivity contribution is 7.51. The molecule has 1 aliphatic rings. The predicted molar refractivity (Wildman–Crippen MR) is 69.1 cm³/mol. The Morgan fingerprint density at radius 2 is 2.20 bits per heavy atom. The first-order chi connectivity index (χ1) is 9.37. The predicted octanol–water partition coefficient (Wildman–Crippen LogP) is -1.38. The summed E-state index contributed by atoms with van der Waals surface area (Å²) in [5.74, 6) is 0.335. The standard InChI is InChI=1S/C8H14N5O6P/c9-8-11-6-5(7(14)12-8)10-1-13(6)2-18-3-19-4-20(15,16)17/h10H,1-4H2,(H2,15,16,17)(H3,9,11,12,14). The Morgan fingerprint density at radius 3 is 2.90 bits per heavy atom. The van der Waals surface area contributed by atoms with Gasteiger partial charge in [0.1, 0.15) is 19.2 Å². The number of ether oxygens (including phenoxy) is 2. The molecule has 112 valence electrons. The van der Waals surface area contributed by atoms with Crippen molar-refractivity contribution in [3.8, 4) is 0 Å². The second-order valence-electron chi connectivity index (χ2n) is 3.97. The van der Waals surface area contributed by atoms with Crippen LogP contribution >= 0.6 is 7.60 Å². The number of aromatic amines is 1. The average Bonchev–Trinajstić information content (AvgIpc) is 2.70. The Balaban J connectivity index is 1.86. The van der Waals surface area contributed by atoms with Gasteiger partial charge >= 0.3 is 7.60 Å². The van der Waals surface area contributed by atoms with Crippen molar-refractivity contribution in [2.75, 3.05) is 42.5 Å². The van der Waals surface area contributed by atoms with E-state index < -0.39 is 13.9 Å². The van der Waals surface area contributed by atoms with E-state index in [0.717, 1.165) is 0 Å². The van der Waals surface area contributed by atoms with Gasteiger partial charge in [0.05, 0.1) is 6.67 Å². The molecule has 12 heteroatoms. The van der Waals surface area contributed by atoms with E-state index in [1.165, 1.54) is 0 Å². The molecule has 0 bridgehead atoms. The number of hydrogen-bond acceptors (Lipinski definition) is 8. The van der Waals surface area contributed by atoms with Crippen molar-refractivity contribution in [1.82, 2.24) is 9.97 Å². The number of anilines is 3. The molecule has 0 aromatic carbocycles. The summed E-state index contributed by atoms with van der Waals surface area (Å²) >= 11 is 0. The van der Waals surface area contributed by atoms with Crippen LogP contribution in [0.3, 0.4) is 0 Å². The number of H-pyrrole nitrogens is 1. The van der Waals surface area contributed by atoms with Gasteiger partial charge in [0.15, 0.2) is 12.2 Å². The lowest BCUT2D eigenvalue weighted by atomic mass is 10.5. The van der Waals surface area contributed by atoms with E-state index in [2.05, 4.69) is 20.0 Å². The van der Waals surface area contributed by atoms with Crippen molar-refractivity contribution in [1.29, 1.82) is 0 Å². The maximum Gasteiger partial charge on any atom is 0.351 e. The van der Waals surface area contributed by atoms with Crippen LogP contribution in [0.4, 0.5) is 17.5 Å². The first-order valence-corrected chi connectivity index (χ1v) is 7.25. The van der Waals surface area contributed by atoms with Gasteiger partial charge in [-0.25, -0.2) is 0 Å². The van der Waals surface area contributed by atoms with E-state index in [4.69, 9.17) is 20.3 Å². The van der Waals surface area contributed by atoms with Gasteiger partial charge < -0.3 is 35.2 Å². The lowest BCUT2D eigenvalue weighted by Gasteiger charge is -2.16. The number of hydrogen-bond donors (Lipinski definition) is 5. The number of aromatic nitrogens is 2. The summed E-state index contributed by atoms with van der Waals surface area (Å²) in [7, 11) is -4.20. The molecular formula is C8H14N5O6P. The monoisotopic (exact) mass is 307 g/mol. The Bertz CT molecular complexity index is 585. The lowest BCUT2D eigenvalue weighted by Crippen LogP contribution is -2.27. The molecule has 2 heterocycles. The first kappa shape index (κ1) is 14.8. The fourth-order valence-electron chi connectivity index (χ4n) is 1.59. The highest BCUT2D eigenvalue weighted by Gasteiger charge is 2.23. The molecule has 0 saturated carbocycles. The third-order valence-corrected chi connectivity index (χ3v) is 2.86. The van der Waals surface area contributed by atoms with E-state index >= 15 is 0 Å². The Kier molecular flexibility index (Phi) is 4.26. The third-order valence-electron chi connectivity index (χ3n) is 2.34. The molecule has 20 heavy (non-hydrogen) atoms. The van der Waals surface area contributed by atoms with Crippen LogP contribution in [0.1, 0.15) is 0 Å². The van der Waals surface area contributed by atoms with Crippen LogP contribution < -0.4 is 21.5 Å². The van der Waals surface area contributed by atoms with Crippen LogP contribution in [0.2, 0.25) is 0 Å². The molecule has 0 spiro atoms. The molecule has 1 aromatic heterocycles. The lowest BCUT2D eigenvalue weighted by molar-refractivity contribution is -0.0409. The van der Waals surface area contributed by atoms with E-state index in [1.54, 1.807) is 4.90 Å². The van der Waals surface area contributed by atoms with Crippen molar-refractivity contribution >= 4 is 25.0 Å². The van der Waals surface area contributed by atoms with E-state index in [-0.39, 0.29) is 25.0 Å². The Labute approximate surface area is 112 Å². The minimum atomic E-state index is -4.20. The largest absolute Gasteiger partial charge is 0.369 e. The van der Waals surface area contributed by atoms with Crippen LogP contribution in [0.25, 0.3) is 0 Å². The van der Waals surface area contributed by atoms with Crippen LogP contribution in [0.15, 0.2) is 4.79 Å². The molecule has 1 aliphatic heterocycles. The molecule has 2 rings (SSSR count). The summed E-state index contributed by atoms with van der Waals surface area (Å²) in [5, 5.41) is 2.83. The number of nitrogens with one attached hydrogen (secondary N) is 2. The molecular weight excluding hydrogens is 293 g/mol. The number of nitrogens with zero attached hydrogens (tertiary/aromatic N) is 2. The fraction of sp³-hybridized carbons (Fsp3) is 0.500. The zero-order valence-corrected chi connectivity index (χ0v) is 11.2. The molecule has 0 saturated heterocycles. The van der Waals surface area contributed by atoms with Gasteiger partial charge in [-0.15, -0.1) is 0 Å². The van der Waals surface area contributed by atoms with Crippen molar-refractivity contribution in [3.63, 3.8) is 0 Å². The maximum absolute atomic E-state index is 11.5. The number of nitrogens with two attached hydrogens (primary N) is 1. The van der Waals surface area contributed by atoms with Crippen molar-refractivity contribution in [2.45, 2.75) is 0 Å². The molecule has 11 nitrogen and oxygen atoms in total. The summed E-state index contributed by atoms with van der Waals surface area (Å²) in [6.07, 6.45) is -0.716. The third kappa shape index (κ3) is 3.68. The zero-order chi connectivity index (χ0) is 14.8. The van der Waals surface area contributed by atoms with Gasteiger partial charge in [-0.1, -0.05) is 0 Å². The van der Waals surface area contributed by atoms with Crippen molar-refractivity contribution in [3.05, 3.63) is 10.4 Å². The zero-order valence-electron chi connectivity index (χ0n) is 10.3. The van der Waals surface area contributed by atoms with E-state index in [9.17, 15) is 9.36 Å². The normalized spacial score (nSPS) is 14.2. The minimum absolute atomic E-state index is 0.0137. The smallest absolute Gasteiger partial charge is 0.351 e. The number of fused-ring (bicyclic) bond motifs is 1. The van der Waals surface area contributed by atoms with Crippen LogP contribution in [-0.2, 0) is 14.0 Å². The van der Waals surface area contributed by atoms with Crippen LogP contribution in [0.5, 0.6) is 0 Å². The summed E-state index contributed by atoms with van der Waals surface area (Å²) in [6.45, 7) is 0.0278. The highest BCUT2D eigenvalue weighted by Crippen LogP contribution is 2.33. The summed E-state index contributed by atoms with van der Waals surface area (Å²) in [4.78, 5) is 36.6. The second-order valence-corrected chi connectivity index (χ2v) is 5.56. The molecule has 0 amide bonds. The Hall–Kier alpha value is -1.65. The van der Waals surface area contributed by atoms with Gasteiger partial charge in [-0.2, -0.15) is 4.98 Å². The van der Waals surface area contributed by atoms with Gasteiger partial charge in [-0.3, -0.25) is 14.3 Å². The fourth-order valence-corrected chi connectivity index (χ4v) is 1.90. The van der Waals surface area contributed by atoms with E-state index in [1.807, 2.05) is 0 Å². The minimum Gasteiger partial charge on any atom is -0.369 e. The van der Waals surface area contributed by atoms with Crippen molar-refractivity contribution in [2.24, 2.45) is 0 Å². The molecule has 0 atom stereocenters. The molecule has 1 aromatic rings. The molecule has 0 unspecified atom stereocenters. The summed E-state index contributed by atoms with van der Waals surface area (Å²) in [5.41, 5.74) is 5.35. The topological polar surface area (TPSA) is 163 Å². The number of rotatable bonds is 6. The average molecular weight is 307 g/mol. The van der Waals surface area contributed by atoms with Gasteiger partial charge in [0, 0.05) is 0 Å². The molecule has 0 radical (unpaired) electrons. The van der Waals surface area contributed by atoms with Crippen LogP contribution in [-0.4, -0.2) is 46.3 Å². The Morgan fingerprint density at radius 1 is 1.45 bits per heavy atom. The maximum atomic E-state index is 11.5. The van der Waals surface area contributed by atoms with Gasteiger partial charge in [-0.05, 0) is 0 Å². The summed E-state index contributed by atoms with van der Waals surface area (Å²) in [6, 6.07) is 0. The first-order valence-electron chi connectivity index (χ1n) is 5.45. The van der Waals surface area contributed by atoms with Crippen LogP contribution in [0, 0.1) is 0 Å². The van der Waals surface area contributed by atoms with Crippen molar-refractivity contribution < 1.29 is 23.8 Å². The van der Waals surface area contributed by atoms with E-state index in [0.29, 0.717) is 18.2 Å². The molecule has 0 fully saturated rings. The van der Waals surface area contributed by atoms with Gasteiger partial charge in [0.25, 0.3) is 5.56 Å². The highest BCUT2D eigenvalue weighted by atomic mass is 31.2. The summed E-state index contributed by atoms with van der Waals surface area (Å²) < 4.78 is 20.2. The quantitative estimate of drug-likeness (QED) is 0.240. The molecule has 6 N–H and O–H groups in total. The second kappa shape index (κ2) is 5.77. The van der Waals surface area contributed by atoms with Gasteiger partial charge in [0.2, 0.25) is 5.95 Å².